The lowest BCUT2D eigenvalue weighted by molar-refractivity contribution is -0.143. The third kappa shape index (κ3) is 6.78. The highest BCUT2D eigenvalue weighted by Gasteiger charge is 2.31. The Labute approximate surface area is 169 Å². The van der Waals surface area contributed by atoms with Crippen molar-refractivity contribution >= 4 is 23.8 Å². The fraction of sp³-hybridized carbons (Fsp3) is 0.500. The maximum Gasteiger partial charge on any atom is 0.338 e. The Morgan fingerprint density at radius 2 is 1.86 bits per heavy atom. The van der Waals surface area contributed by atoms with Crippen LogP contribution in [0.25, 0.3) is 0 Å². The molecule has 0 aromatic heterocycles. The first kappa shape index (κ1) is 22.2. The molecule has 9 heteroatoms. The number of hydrogen-bond acceptors (Lipinski definition) is 5. The Hall–Kier alpha value is -3.10. The van der Waals surface area contributed by atoms with E-state index >= 15 is 0 Å². The van der Waals surface area contributed by atoms with Crippen molar-refractivity contribution in [3.05, 3.63) is 35.4 Å². The molecule has 1 aliphatic rings. The standard InChI is InChI=1S/C20H28N4O5/c1-13(2)23-20(28)22-11-14-6-8-15(9-7-14)19(27)29-12-17(25)24-10-4-3-5-16(24)18(21)26/h6-9,13,16H,3-5,10-12H2,1-2H3,(H2,21,26)(H2,22,23,28)/t16-/m0/s1. The van der Waals surface area contributed by atoms with E-state index in [1.807, 2.05) is 13.8 Å². The highest BCUT2D eigenvalue weighted by molar-refractivity contribution is 5.92. The highest BCUT2D eigenvalue weighted by atomic mass is 16.5. The number of carbonyl (C=O) groups is 4. The molecule has 1 saturated heterocycles. The molecule has 1 heterocycles. The first-order valence-corrected chi connectivity index (χ1v) is 9.67. The van der Waals surface area contributed by atoms with Crippen LogP contribution in [0.15, 0.2) is 24.3 Å². The van der Waals surface area contributed by atoms with E-state index in [1.165, 1.54) is 4.90 Å². The normalized spacial score (nSPS) is 16.2. The van der Waals surface area contributed by atoms with Gasteiger partial charge in [-0.15, -0.1) is 0 Å². The van der Waals surface area contributed by atoms with Crippen LogP contribution in [0.1, 0.15) is 49.0 Å². The molecule has 1 aromatic rings. The van der Waals surface area contributed by atoms with E-state index in [0.29, 0.717) is 25.1 Å². The van der Waals surface area contributed by atoms with Crippen LogP contribution < -0.4 is 16.4 Å². The van der Waals surface area contributed by atoms with Crippen molar-refractivity contribution in [1.29, 1.82) is 0 Å². The second-order valence-electron chi connectivity index (χ2n) is 7.26. The molecular formula is C20H28N4O5. The SMILES string of the molecule is CC(C)NC(=O)NCc1ccc(C(=O)OCC(=O)N2CCCC[C@H]2C(N)=O)cc1. The maximum absolute atomic E-state index is 12.3. The average Bonchev–Trinajstić information content (AvgIpc) is 2.70. The number of nitrogens with zero attached hydrogens (tertiary/aromatic N) is 1. The second kappa shape index (κ2) is 10.4. The molecule has 1 aromatic carbocycles. The maximum atomic E-state index is 12.3. The summed E-state index contributed by atoms with van der Waals surface area (Å²) in [7, 11) is 0. The number of esters is 1. The van der Waals surface area contributed by atoms with Gasteiger partial charge in [-0.2, -0.15) is 0 Å². The number of nitrogens with one attached hydrogen (secondary N) is 2. The van der Waals surface area contributed by atoms with Gasteiger partial charge in [-0.05, 0) is 50.8 Å². The number of hydrogen-bond donors (Lipinski definition) is 3. The van der Waals surface area contributed by atoms with E-state index in [9.17, 15) is 19.2 Å². The number of ether oxygens (including phenoxy) is 1. The van der Waals surface area contributed by atoms with Gasteiger partial charge in [-0.3, -0.25) is 9.59 Å². The van der Waals surface area contributed by atoms with Gasteiger partial charge in [0.1, 0.15) is 6.04 Å². The predicted molar refractivity (Wildman–Crippen MR) is 106 cm³/mol. The lowest BCUT2D eigenvalue weighted by atomic mass is 10.0. The number of primary amides is 1. The van der Waals surface area contributed by atoms with E-state index in [1.54, 1.807) is 24.3 Å². The van der Waals surface area contributed by atoms with Crippen molar-refractivity contribution in [2.45, 2.75) is 51.7 Å². The summed E-state index contributed by atoms with van der Waals surface area (Å²) in [6, 6.07) is 5.65. The molecule has 2 rings (SSSR count). The zero-order valence-corrected chi connectivity index (χ0v) is 16.8. The minimum absolute atomic E-state index is 0.0399. The lowest BCUT2D eigenvalue weighted by Crippen LogP contribution is -2.51. The van der Waals surface area contributed by atoms with Crippen molar-refractivity contribution in [2.24, 2.45) is 5.73 Å². The first-order chi connectivity index (χ1) is 13.8. The lowest BCUT2D eigenvalue weighted by Gasteiger charge is -2.33. The average molecular weight is 404 g/mol. The number of amides is 4. The quantitative estimate of drug-likeness (QED) is 0.582. The molecule has 0 unspecified atom stereocenters. The molecule has 4 N–H and O–H groups in total. The Morgan fingerprint density at radius 1 is 1.17 bits per heavy atom. The van der Waals surface area contributed by atoms with E-state index in [-0.39, 0.29) is 12.1 Å². The van der Waals surface area contributed by atoms with Gasteiger partial charge in [-0.25, -0.2) is 9.59 Å². The number of benzene rings is 1. The summed E-state index contributed by atoms with van der Waals surface area (Å²) >= 11 is 0. The molecular weight excluding hydrogens is 376 g/mol. The fourth-order valence-corrected chi connectivity index (χ4v) is 3.07. The molecule has 29 heavy (non-hydrogen) atoms. The van der Waals surface area contributed by atoms with Crippen LogP contribution in [-0.2, 0) is 20.9 Å². The first-order valence-electron chi connectivity index (χ1n) is 9.67. The molecule has 0 radical (unpaired) electrons. The van der Waals surface area contributed by atoms with Gasteiger partial charge in [0.2, 0.25) is 5.91 Å². The molecule has 1 fully saturated rings. The van der Waals surface area contributed by atoms with Crippen molar-refractivity contribution in [3.63, 3.8) is 0 Å². The van der Waals surface area contributed by atoms with Crippen LogP contribution in [-0.4, -0.2) is 54.0 Å². The second-order valence-corrected chi connectivity index (χ2v) is 7.26. The van der Waals surface area contributed by atoms with Crippen LogP contribution in [0.5, 0.6) is 0 Å². The molecule has 4 amide bonds. The molecule has 1 atom stereocenters. The van der Waals surface area contributed by atoms with Crippen molar-refractivity contribution in [2.75, 3.05) is 13.2 Å². The van der Waals surface area contributed by atoms with Gasteiger partial charge in [0.15, 0.2) is 6.61 Å². The van der Waals surface area contributed by atoms with Crippen LogP contribution in [0.2, 0.25) is 0 Å². The molecule has 0 bridgehead atoms. The van der Waals surface area contributed by atoms with Gasteiger partial charge in [-0.1, -0.05) is 12.1 Å². The largest absolute Gasteiger partial charge is 0.452 e. The smallest absolute Gasteiger partial charge is 0.338 e. The van der Waals surface area contributed by atoms with Crippen LogP contribution in [0.3, 0.4) is 0 Å². The number of nitrogens with two attached hydrogens (primary N) is 1. The van der Waals surface area contributed by atoms with Crippen molar-refractivity contribution in [1.82, 2.24) is 15.5 Å². The Bertz CT molecular complexity index is 748. The van der Waals surface area contributed by atoms with Gasteiger partial charge in [0.25, 0.3) is 5.91 Å². The van der Waals surface area contributed by atoms with Gasteiger partial charge in [0.05, 0.1) is 5.56 Å². The van der Waals surface area contributed by atoms with Crippen LogP contribution >= 0.6 is 0 Å². The third-order valence-corrected chi connectivity index (χ3v) is 4.54. The number of piperidine rings is 1. The van der Waals surface area contributed by atoms with Crippen molar-refractivity contribution < 1.29 is 23.9 Å². The Kier molecular flexibility index (Phi) is 7.99. The number of carbonyl (C=O) groups excluding carboxylic acids is 4. The van der Waals surface area contributed by atoms with E-state index in [4.69, 9.17) is 10.5 Å². The summed E-state index contributed by atoms with van der Waals surface area (Å²) in [5.41, 5.74) is 6.46. The van der Waals surface area contributed by atoms with Crippen LogP contribution in [0.4, 0.5) is 4.79 Å². The molecule has 158 valence electrons. The summed E-state index contributed by atoms with van der Waals surface area (Å²) in [5, 5.41) is 5.43. The number of urea groups is 1. The van der Waals surface area contributed by atoms with E-state index in [0.717, 1.165) is 18.4 Å². The Balaban J connectivity index is 1.83. The van der Waals surface area contributed by atoms with Crippen molar-refractivity contribution in [3.8, 4) is 0 Å². The van der Waals surface area contributed by atoms with Gasteiger partial charge in [0, 0.05) is 19.1 Å². The summed E-state index contributed by atoms with van der Waals surface area (Å²) in [5.74, 6) is -1.61. The van der Waals surface area contributed by atoms with Gasteiger partial charge >= 0.3 is 12.0 Å². The molecule has 0 aliphatic carbocycles. The van der Waals surface area contributed by atoms with E-state index in [2.05, 4.69) is 10.6 Å². The van der Waals surface area contributed by atoms with Crippen LogP contribution in [0, 0.1) is 0 Å². The Morgan fingerprint density at radius 3 is 2.48 bits per heavy atom. The summed E-state index contributed by atoms with van der Waals surface area (Å²) < 4.78 is 5.09. The monoisotopic (exact) mass is 404 g/mol. The summed E-state index contributed by atoms with van der Waals surface area (Å²) in [6.07, 6.45) is 2.14. The molecule has 0 saturated carbocycles. The number of likely N-dealkylation sites (tertiary alicyclic amines) is 1. The summed E-state index contributed by atoms with van der Waals surface area (Å²) in [4.78, 5) is 49.0. The summed E-state index contributed by atoms with van der Waals surface area (Å²) in [6.45, 7) is 4.03. The molecule has 9 nitrogen and oxygen atoms in total. The minimum Gasteiger partial charge on any atom is -0.452 e. The minimum atomic E-state index is -0.644. The highest BCUT2D eigenvalue weighted by Crippen LogP contribution is 2.17. The zero-order valence-electron chi connectivity index (χ0n) is 16.8. The van der Waals surface area contributed by atoms with E-state index < -0.39 is 30.4 Å². The third-order valence-electron chi connectivity index (χ3n) is 4.54. The molecule has 1 aliphatic heterocycles. The number of rotatable bonds is 7. The predicted octanol–water partition coefficient (Wildman–Crippen LogP) is 0.917. The topological polar surface area (TPSA) is 131 Å². The molecule has 0 spiro atoms. The van der Waals surface area contributed by atoms with Gasteiger partial charge < -0.3 is 26.0 Å². The fourth-order valence-electron chi connectivity index (χ4n) is 3.07. The zero-order chi connectivity index (χ0) is 21.4.